The molecule has 1 aliphatic carbocycles. The molecule has 2 unspecified atom stereocenters. The highest BCUT2D eigenvalue weighted by Crippen LogP contribution is 2.23. The van der Waals surface area contributed by atoms with Gasteiger partial charge in [-0.1, -0.05) is 0 Å². The first kappa shape index (κ1) is 10.4. The number of nitrogens with zero attached hydrogens (tertiary/aromatic N) is 2. The van der Waals surface area contributed by atoms with E-state index in [2.05, 4.69) is 15.3 Å². The van der Waals surface area contributed by atoms with Gasteiger partial charge in [-0.15, -0.1) is 0 Å². The summed E-state index contributed by atoms with van der Waals surface area (Å²) in [5.41, 5.74) is 6.94. The summed E-state index contributed by atoms with van der Waals surface area (Å²) in [4.78, 5) is 8.41. The molecule has 0 radical (unpaired) electrons. The first-order valence-corrected chi connectivity index (χ1v) is 5.52. The second kappa shape index (κ2) is 4.57. The van der Waals surface area contributed by atoms with Gasteiger partial charge in [0.25, 0.3) is 0 Å². The normalized spacial score (nSPS) is 25.5. The van der Waals surface area contributed by atoms with Crippen LogP contribution in [0.25, 0.3) is 0 Å². The molecule has 0 amide bonds. The van der Waals surface area contributed by atoms with Crippen LogP contribution in [-0.2, 0) is 0 Å². The maximum Gasteiger partial charge on any atom is 0.222 e. The topological polar surface area (TPSA) is 63.8 Å². The van der Waals surface area contributed by atoms with Gasteiger partial charge in [0.15, 0.2) is 0 Å². The van der Waals surface area contributed by atoms with Crippen molar-refractivity contribution in [2.45, 2.75) is 32.2 Å². The minimum atomic E-state index is 0.399. The molecule has 15 heavy (non-hydrogen) atoms. The van der Waals surface area contributed by atoms with Gasteiger partial charge in [0, 0.05) is 25.0 Å². The van der Waals surface area contributed by atoms with Crippen LogP contribution in [0.1, 0.15) is 24.8 Å². The molecule has 0 spiro atoms. The minimum Gasteiger partial charge on any atom is -0.354 e. The Bertz CT molecular complexity index is 309. The largest absolute Gasteiger partial charge is 0.354 e. The monoisotopic (exact) mass is 206 g/mol. The fraction of sp³-hybridized carbons (Fsp3) is 0.636. The molecule has 3 N–H and O–H groups in total. The second-order valence-corrected chi connectivity index (χ2v) is 4.40. The molecule has 1 aromatic rings. The molecule has 1 fully saturated rings. The summed E-state index contributed by atoms with van der Waals surface area (Å²) >= 11 is 0. The van der Waals surface area contributed by atoms with E-state index in [1.54, 1.807) is 0 Å². The molecule has 0 aromatic carbocycles. The maximum atomic E-state index is 5.85. The SMILES string of the molecule is Cc1cnc(NCC2CCC(N)C2)nc1. The van der Waals surface area contributed by atoms with E-state index in [4.69, 9.17) is 5.73 Å². The van der Waals surface area contributed by atoms with Gasteiger partial charge in [-0.2, -0.15) is 0 Å². The molecule has 82 valence electrons. The third-order valence-corrected chi connectivity index (χ3v) is 2.91. The summed E-state index contributed by atoms with van der Waals surface area (Å²) in [6.45, 7) is 2.93. The van der Waals surface area contributed by atoms with Crippen LogP contribution in [0.2, 0.25) is 0 Å². The fourth-order valence-corrected chi connectivity index (χ4v) is 2.02. The number of nitrogens with two attached hydrogens (primary N) is 1. The van der Waals surface area contributed by atoms with Crippen LogP contribution in [0, 0.1) is 12.8 Å². The van der Waals surface area contributed by atoms with Crippen LogP contribution in [-0.4, -0.2) is 22.6 Å². The van der Waals surface area contributed by atoms with Crippen LogP contribution < -0.4 is 11.1 Å². The smallest absolute Gasteiger partial charge is 0.222 e. The fourth-order valence-electron chi connectivity index (χ4n) is 2.02. The highest BCUT2D eigenvalue weighted by molar-refractivity contribution is 5.24. The van der Waals surface area contributed by atoms with Crippen molar-refractivity contribution in [3.63, 3.8) is 0 Å². The van der Waals surface area contributed by atoms with Crippen molar-refractivity contribution in [2.75, 3.05) is 11.9 Å². The number of aryl methyl sites for hydroxylation is 1. The lowest BCUT2D eigenvalue weighted by Crippen LogP contribution is -2.18. The van der Waals surface area contributed by atoms with Crippen LogP contribution in [0.3, 0.4) is 0 Å². The Labute approximate surface area is 90.3 Å². The summed E-state index contributed by atoms with van der Waals surface area (Å²) < 4.78 is 0. The van der Waals surface area contributed by atoms with Crippen molar-refractivity contribution in [3.05, 3.63) is 18.0 Å². The zero-order valence-electron chi connectivity index (χ0n) is 9.11. The number of nitrogens with one attached hydrogen (secondary N) is 1. The number of aromatic nitrogens is 2. The molecule has 1 aliphatic rings. The summed E-state index contributed by atoms with van der Waals surface area (Å²) in [7, 11) is 0. The number of hydrogen-bond acceptors (Lipinski definition) is 4. The van der Waals surface area contributed by atoms with E-state index in [-0.39, 0.29) is 0 Å². The van der Waals surface area contributed by atoms with Gasteiger partial charge in [0.2, 0.25) is 5.95 Å². The van der Waals surface area contributed by atoms with Gasteiger partial charge in [0.1, 0.15) is 0 Å². The van der Waals surface area contributed by atoms with Gasteiger partial charge >= 0.3 is 0 Å². The van der Waals surface area contributed by atoms with Crippen molar-refractivity contribution in [3.8, 4) is 0 Å². The van der Waals surface area contributed by atoms with Crippen molar-refractivity contribution in [1.82, 2.24) is 9.97 Å². The van der Waals surface area contributed by atoms with E-state index < -0.39 is 0 Å². The van der Waals surface area contributed by atoms with Crippen LogP contribution in [0.5, 0.6) is 0 Å². The van der Waals surface area contributed by atoms with Gasteiger partial charge in [-0.05, 0) is 37.7 Å². The van der Waals surface area contributed by atoms with E-state index >= 15 is 0 Å². The minimum absolute atomic E-state index is 0.399. The molecule has 4 nitrogen and oxygen atoms in total. The van der Waals surface area contributed by atoms with Crippen molar-refractivity contribution >= 4 is 5.95 Å². The standard InChI is InChI=1S/C11H18N4/c1-8-5-13-11(14-6-8)15-7-9-2-3-10(12)4-9/h5-6,9-10H,2-4,7,12H2,1H3,(H,13,14,15). The zero-order valence-corrected chi connectivity index (χ0v) is 9.11. The molecule has 2 rings (SSSR count). The zero-order chi connectivity index (χ0) is 10.7. The molecule has 2 atom stereocenters. The number of anilines is 1. The van der Waals surface area contributed by atoms with Gasteiger partial charge in [-0.25, -0.2) is 9.97 Å². The Morgan fingerprint density at radius 3 is 2.73 bits per heavy atom. The molecule has 1 heterocycles. The predicted molar refractivity (Wildman–Crippen MR) is 60.6 cm³/mol. The Hall–Kier alpha value is -1.16. The molecule has 0 saturated heterocycles. The Balaban J connectivity index is 1.80. The third kappa shape index (κ3) is 2.89. The van der Waals surface area contributed by atoms with Gasteiger partial charge < -0.3 is 11.1 Å². The van der Waals surface area contributed by atoms with E-state index in [0.29, 0.717) is 12.0 Å². The van der Waals surface area contributed by atoms with Crippen LogP contribution in [0.15, 0.2) is 12.4 Å². The van der Waals surface area contributed by atoms with Gasteiger partial charge in [-0.3, -0.25) is 0 Å². The summed E-state index contributed by atoms with van der Waals surface area (Å²) in [5, 5.41) is 3.26. The predicted octanol–water partition coefficient (Wildman–Crippen LogP) is 1.32. The van der Waals surface area contributed by atoms with E-state index in [9.17, 15) is 0 Å². The van der Waals surface area contributed by atoms with Crippen molar-refractivity contribution in [1.29, 1.82) is 0 Å². The quantitative estimate of drug-likeness (QED) is 0.783. The average molecular weight is 206 g/mol. The lowest BCUT2D eigenvalue weighted by atomic mass is 10.1. The first-order chi connectivity index (χ1) is 7.24. The lowest BCUT2D eigenvalue weighted by Gasteiger charge is -2.10. The molecule has 4 heteroatoms. The van der Waals surface area contributed by atoms with Crippen molar-refractivity contribution < 1.29 is 0 Å². The molecule has 0 aliphatic heterocycles. The van der Waals surface area contributed by atoms with Gasteiger partial charge in [0.05, 0.1) is 0 Å². The van der Waals surface area contributed by atoms with E-state index in [0.717, 1.165) is 30.9 Å². The Morgan fingerprint density at radius 2 is 2.13 bits per heavy atom. The van der Waals surface area contributed by atoms with E-state index in [1.165, 1.54) is 6.42 Å². The highest BCUT2D eigenvalue weighted by Gasteiger charge is 2.21. The van der Waals surface area contributed by atoms with Crippen LogP contribution in [0.4, 0.5) is 5.95 Å². The molecular formula is C11H18N4. The average Bonchev–Trinajstić information content (AvgIpc) is 2.64. The molecule has 1 aromatic heterocycles. The molecule has 1 saturated carbocycles. The summed E-state index contributed by atoms with van der Waals surface area (Å²) in [5.74, 6) is 1.41. The Morgan fingerprint density at radius 1 is 1.40 bits per heavy atom. The van der Waals surface area contributed by atoms with Crippen molar-refractivity contribution in [2.24, 2.45) is 11.7 Å². The summed E-state index contributed by atoms with van der Waals surface area (Å²) in [6.07, 6.45) is 7.16. The second-order valence-electron chi connectivity index (χ2n) is 4.40. The molecular weight excluding hydrogens is 188 g/mol. The lowest BCUT2D eigenvalue weighted by molar-refractivity contribution is 0.564. The maximum absolute atomic E-state index is 5.85. The number of hydrogen-bond donors (Lipinski definition) is 2. The van der Waals surface area contributed by atoms with Crippen LogP contribution >= 0.6 is 0 Å². The van der Waals surface area contributed by atoms with E-state index in [1.807, 2.05) is 19.3 Å². The first-order valence-electron chi connectivity index (χ1n) is 5.52. The number of rotatable bonds is 3. The highest BCUT2D eigenvalue weighted by atomic mass is 15.1. The molecule has 0 bridgehead atoms. The third-order valence-electron chi connectivity index (χ3n) is 2.91. The Kier molecular flexibility index (Phi) is 3.16. The summed E-state index contributed by atoms with van der Waals surface area (Å²) in [6, 6.07) is 0.399.